The van der Waals surface area contributed by atoms with Gasteiger partial charge in [-0.3, -0.25) is 14.7 Å². The van der Waals surface area contributed by atoms with Crippen LogP contribution >= 0.6 is 0 Å². The maximum atomic E-state index is 9.87. The predicted octanol–water partition coefficient (Wildman–Crippen LogP) is 0.0956. The molecule has 0 aromatic carbocycles. The lowest BCUT2D eigenvalue weighted by Crippen LogP contribution is -2.54. The van der Waals surface area contributed by atoms with Crippen LogP contribution in [0.25, 0.3) is 0 Å². The number of piperazine rings is 1. The van der Waals surface area contributed by atoms with Gasteiger partial charge in [0.2, 0.25) is 0 Å². The Balaban J connectivity index is 1.69. The highest BCUT2D eigenvalue weighted by atomic mass is 16.5. The second-order valence-electron chi connectivity index (χ2n) is 6.78. The molecular formula is C15H31N3O2. The molecule has 118 valence electrons. The third kappa shape index (κ3) is 5.30. The van der Waals surface area contributed by atoms with E-state index >= 15 is 0 Å². The summed E-state index contributed by atoms with van der Waals surface area (Å²) in [6, 6.07) is 0. The molecule has 2 aliphatic rings. The number of likely N-dealkylation sites (N-methyl/N-ethyl adjacent to an activating group) is 1. The number of ether oxygens (including phenoxy) is 1. The topological polar surface area (TPSA) is 39.2 Å². The van der Waals surface area contributed by atoms with E-state index in [0.29, 0.717) is 6.10 Å². The number of hydrogen-bond acceptors (Lipinski definition) is 5. The van der Waals surface area contributed by atoms with Crippen LogP contribution in [0.5, 0.6) is 0 Å². The van der Waals surface area contributed by atoms with Crippen LogP contribution in [0.15, 0.2) is 0 Å². The molecule has 1 N–H and O–H groups in total. The molecule has 0 amide bonds. The maximum Gasteiger partial charge on any atom is 0.0829 e. The van der Waals surface area contributed by atoms with Crippen molar-refractivity contribution in [2.24, 2.45) is 0 Å². The van der Waals surface area contributed by atoms with Crippen LogP contribution in [0.2, 0.25) is 0 Å². The van der Waals surface area contributed by atoms with Gasteiger partial charge in [0, 0.05) is 52.4 Å². The Morgan fingerprint density at radius 3 is 2.30 bits per heavy atom. The van der Waals surface area contributed by atoms with E-state index in [1.54, 1.807) is 0 Å². The summed E-state index contributed by atoms with van der Waals surface area (Å²) >= 11 is 0. The van der Waals surface area contributed by atoms with Crippen LogP contribution in [0, 0.1) is 0 Å². The Bertz CT molecular complexity index is 285. The Morgan fingerprint density at radius 1 is 1.05 bits per heavy atom. The first-order chi connectivity index (χ1) is 9.46. The second-order valence-corrected chi connectivity index (χ2v) is 6.78. The number of morpholine rings is 1. The van der Waals surface area contributed by atoms with Crippen molar-refractivity contribution in [3.05, 3.63) is 0 Å². The van der Waals surface area contributed by atoms with E-state index in [1.165, 1.54) is 0 Å². The average Bonchev–Trinajstić information content (AvgIpc) is 2.40. The Kier molecular flexibility index (Phi) is 5.81. The van der Waals surface area contributed by atoms with Crippen molar-refractivity contribution in [2.75, 3.05) is 65.5 Å². The number of nitrogens with zero attached hydrogens (tertiary/aromatic N) is 3. The van der Waals surface area contributed by atoms with Gasteiger partial charge >= 0.3 is 0 Å². The molecule has 0 bridgehead atoms. The normalized spacial score (nSPS) is 27.9. The van der Waals surface area contributed by atoms with Crippen LogP contribution in [0.3, 0.4) is 0 Å². The van der Waals surface area contributed by atoms with E-state index in [2.05, 4.69) is 21.6 Å². The highest BCUT2D eigenvalue weighted by molar-refractivity contribution is 4.81. The lowest BCUT2D eigenvalue weighted by molar-refractivity contribution is -0.0500. The number of aliphatic hydroxyl groups is 1. The van der Waals surface area contributed by atoms with E-state index in [9.17, 15) is 5.11 Å². The van der Waals surface area contributed by atoms with E-state index in [1.807, 2.05) is 13.8 Å². The third-order valence-corrected chi connectivity index (χ3v) is 4.21. The first-order valence-corrected chi connectivity index (χ1v) is 7.97. The molecule has 5 nitrogen and oxygen atoms in total. The van der Waals surface area contributed by atoms with Gasteiger partial charge in [-0.15, -0.1) is 0 Å². The summed E-state index contributed by atoms with van der Waals surface area (Å²) in [4.78, 5) is 7.33. The fraction of sp³-hybridized carbons (Fsp3) is 1.00. The smallest absolute Gasteiger partial charge is 0.0829 e. The summed E-state index contributed by atoms with van der Waals surface area (Å²) in [5.41, 5.74) is -0.587. The molecule has 20 heavy (non-hydrogen) atoms. The Hall–Kier alpha value is -0.200. The van der Waals surface area contributed by atoms with E-state index in [0.717, 1.165) is 65.5 Å². The van der Waals surface area contributed by atoms with Gasteiger partial charge in [0.1, 0.15) is 0 Å². The minimum Gasteiger partial charge on any atom is -0.389 e. The predicted molar refractivity (Wildman–Crippen MR) is 81.0 cm³/mol. The molecule has 2 fully saturated rings. The maximum absolute atomic E-state index is 9.87. The van der Waals surface area contributed by atoms with Gasteiger partial charge in [0.05, 0.1) is 18.3 Å². The van der Waals surface area contributed by atoms with Gasteiger partial charge in [0.25, 0.3) is 0 Å². The summed E-state index contributed by atoms with van der Waals surface area (Å²) in [6.45, 7) is 16.2. The molecule has 2 saturated heterocycles. The van der Waals surface area contributed by atoms with Gasteiger partial charge in [-0.1, -0.05) is 6.92 Å². The summed E-state index contributed by atoms with van der Waals surface area (Å²) in [7, 11) is 0. The van der Waals surface area contributed by atoms with Gasteiger partial charge in [-0.05, 0) is 20.4 Å². The number of β-amino-alcohol motifs (C(OH)–C–C–N with tert-alkyl or cyclic N) is 1. The zero-order valence-electron chi connectivity index (χ0n) is 13.3. The minimum atomic E-state index is -0.587. The summed E-state index contributed by atoms with van der Waals surface area (Å²) in [6.07, 6.45) is 0.365. The molecule has 2 heterocycles. The molecule has 0 spiro atoms. The molecule has 1 atom stereocenters. The van der Waals surface area contributed by atoms with Crippen LogP contribution in [0.4, 0.5) is 0 Å². The monoisotopic (exact) mass is 285 g/mol. The Morgan fingerprint density at radius 2 is 1.70 bits per heavy atom. The first-order valence-electron chi connectivity index (χ1n) is 7.97. The summed E-state index contributed by atoms with van der Waals surface area (Å²) < 4.78 is 5.88. The van der Waals surface area contributed by atoms with Crippen LogP contribution in [0.1, 0.15) is 20.8 Å². The van der Waals surface area contributed by atoms with Crippen molar-refractivity contribution < 1.29 is 9.84 Å². The first kappa shape index (κ1) is 16.2. The van der Waals surface area contributed by atoms with Crippen molar-refractivity contribution in [3.63, 3.8) is 0 Å². The Labute approximate surface area is 123 Å². The van der Waals surface area contributed by atoms with Crippen molar-refractivity contribution in [1.29, 1.82) is 0 Å². The molecule has 2 rings (SSSR count). The van der Waals surface area contributed by atoms with Crippen LogP contribution in [-0.4, -0.2) is 97.0 Å². The van der Waals surface area contributed by atoms with Gasteiger partial charge in [-0.2, -0.15) is 0 Å². The van der Waals surface area contributed by atoms with Crippen molar-refractivity contribution in [1.82, 2.24) is 14.7 Å². The van der Waals surface area contributed by atoms with E-state index < -0.39 is 5.60 Å². The molecule has 0 radical (unpaired) electrons. The van der Waals surface area contributed by atoms with Gasteiger partial charge in [0.15, 0.2) is 0 Å². The van der Waals surface area contributed by atoms with Crippen molar-refractivity contribution in [3.8, 4) is 0 Å². The number of hydrogen-bond donors (Lipinski definition) is 1. The van der Waals surface area contributed by atoms with E-state index in [4.69, 9.17) is 4.74 Å². The second kappa shape index (κ2) is 7.18. The SMILES string of the molecule is CCN1CCOC(CN2CCN(CC(C)(C)O)CC2)C1. The molecule has 1 unspecified atom stereocenters. The molecule has 0 saturated carbocycles. The third-order valence-electron chi connectivity index (χ3n) is 4.21. The standard InChI is InChI=1S/C15H31N3O2/c1-4-16-9-10-20-14(11-16)12-17-5-7-18(8-6-17)13-15(2,3)19/h14,19H,4-13H2,1-3H3. The van der Waals surface area contributed by atoms with Crippen LogP contribution < -0.4 is 0 Å². The summed E-state index contributed by atoms with van der Waals surface area (Å²) in [5.74, 6) is 0. The minimum absolute atomic E-state index is 0.365. The van der Waals surface area contributed by atoms with Gasteiger partial charge < -0.3 is 9.84 Å². The molecule has 0 aromatic rings. The largest absolute Gasteiger partial charge is 0.389 e. The molecule has 0 aliphatic carbocycles. The lowest BCUT2D eigenvalue weighted by atomic mass is 10.1. The molecule has 5 heteroatoms. The zero-order chi connectivity index (χ0) is 14.6. The van der Waals surface area contributed by atoms with Crippen molar-refractivity contribution in [2.45, 2.75) is 32.5 Å². The van der Waals surface area contributed by atoms with Crippen molar-refractivity contribution >= 4 is 0 Å². The fourth-order valence-corrected chi connectivity index (χ4v) is 3.14. The summed E-state index contributed by atoms with van der Waals surface area (Å²) in [5, 5.41) is 9.87. The van der Waals surface area contributed by atoms with E-state index in [-0.39, 0.29) is 0 Å². The number of rotatable bonds is 5. The molecule has 0 aromatic heterocycles. The molecular weight excluding hydrogens is 254 g/mol. The molecule has 2 aliphatic heterocycles. The average molecular weight is 285 g/mol. The zero-order valence-corrected chi connectivity index (χ0v) is 13.3. The fourth-order valence-electron chi connectivity index (χ4n) is 3.14. The highest BCUT2D eigenvalue weighted by Gasteiger charge is 2.26. The van der Waals surface area contributed by atoms with Crippen LogP contribution in [-0.2, 0) is 4.74 Å². The van der Waals surface area contributed by atoms with Gasteiger partial charge in [-0.25, -0.2) is 0 Å². The lowest BCUT2D eigenvalue weighted by Gasteiger charge is -2.40. The highest BCUT2D eigenvalue weighted by Crippen LogP contribution is 2.11. The quantitative estimate of drug-likeness (QED) is 0.775.